The monoisotopic (exact) mass is 223 g/mol. The number of alkyl halides is 2. The second kappa shape index (κ2) is 3.49. The highest BCUT2D eigenvalue weighted by Crippen LogP contribution is 2.33. The third kappa shape index (κ3) is 1.82. The van der Waals surface area contributed by atoms with Crippen LogP contribution in [0.5, 0.6) is 0 Å². The van der Waals surface area contributed by atoms with Crippen LogP contribution >= 0.6 is 11.6 Å². The predicted octanol–water partition coefficient (Wildman–Crippen LogP) is 2.06. The van der Waals surface area contributed by atoms with Crippen molar-refractivity contribution in [3.05, 3.63) is 34.6 Å². The van der Waals surface area contributed by atoms with E-state index in [1.165, 1.54) is 0 Å². The van der Waals surface area contributed by atoms with Gasteiger partial charge in [-0.2, -0.15) is 8.78 Å². The van der Waals surface area contributed by atoms with Crippen molar-refractivity contribution in [1.29, 1.82) is 0 Å². The molecule has 1 amide bonds. The fourth-order valence-corrected chi connectivity index (χ4v) is 1.16. The molecule has 0 aliphatic carbocycles. The number of amides is 1. The molecule has 0 aromatic heterocycles. The fourth-order valence-electron chi connectivity index (χ4n) is 0.877. The van der Waals surface area contributed by atoms with E-state index in [0.29, 0.717) is 6.07 Å². The highest BCUT2D eigenvalue weighted by molar-refractivity contribution is 6.31. The van der Waals surface area contributed by atoms with Crippen LogP contribution in [0.15, 0.2) is 18.2 Å². The van der Waals surface area contributed by atoms with Crippen LogP contribution in [0.4, 0.5) is 13.2 Å². The highest BCUT2D eigenvalue weighted by atomic mass is 35.5. The molecule has 0 fully saturated rings. The third-order valence-electron chi connectivity index (χ3n) is 1.58. The molecular formula is C8H5ClF3NO. The van der Waals surface area contributed by atoms with Gasteiger partial charge in [0, 0.05) is 5.56 Å². The molecule has 1 aromatic rings. The fraction of sp³-hybridized carbons (Fsp3) is 0.125. The minimum atomic E-state index is -3.88. The quantitative estimate of drug-likeness (QED) is 0.819. The molecule has 0 atom stereocenters. The number of halogens is 4. The van der Waals surface area contributed by atoms with Crippen LogP contribution in [0.1, 0.15) is 5.56 Å². The van der Waals surface area contributed by atoms with E-state index in [4.69, 9.17) is 11.6 Å². The van der Waals surface area contributed by atoms with E-state index in [2.05, 4.69) is 5.73 Å². The topological polar surface area (TPSA) is 43.1 Å². The van der Waals surface area contributed by atoms with Gasteiger partial charge in [0.2, 0.25) is 0 Å². The molecule has 1 aromatic carbocycles. The summed E-state index contributed by atoms with van der Waals surface area (Å²) in [4.78, 5) is 10.4. The molecule has 1 rings (SSSR count). The number of hydrogen-bond donors (Lipinski definition) is 1. The lowest BCUT2D eigenvalue weighted by atomic mass is 10.1. The molecule has 0 radical (unpaired) electrons. The van der Waals surface area contributed by atoms with Crippen molar-refractivity contribution in [3.8, 4) is 0 Å². The van der Waals surface area contributed by atoms with Gasteiger partial charge in [-0.05, 0) is 18.2 Å². The summed E-state index contributed by atoms with van der Waals surface area (Å²) in [6, 6.07) is 2.19. The van der Waals surface area contributed by atoms with Gasteiger partial charge in [0.25, 0.3) is 5.91 Å². The van der Waals surface area contributed by atoms with Crippen LogP contribution in [0.2, 0.25) is 5.02 Å². The molecule has 2 nitrogen and oxygen atoms in total. The number of hydrogen-bond acceptors (Lipinski definition) is 1. The van der Waals surface area contributed by atoms with Crippen molar-refractivity contribution in [2.75, 3.05) is 0 Å². The van der Waals surface area contributed by atoms with Crippen molar-refractivity contribution >= 4 is 17.5 Å². The Hall–Kier alpha value is -1.23. The number of rotatable bonds is 2. The lowest BCUT2D eigenvalue weighted by molar-refractivity contribution is -0.143. The van der Waals surface area contributed by atoms with E-state index in [1.807, 2.05) is 0 Å². The normalized spacial score (nSPS) is 11.4. The molecule has 76 valence electrons. The van der Waals surface area contributed by atoms with Crippen molar-refractivity contribution < 1.29 is 18.0 Å². The van der Waals surface area contributed by atoms with Crippen molar-refractivity contribution in [2.24, 2.45) is 5.73 Å². The SMILES string of the molecule is NC(=O)C(F)(F)c1ccc(F)cc1Cl. The van der Waals surface area contributed by atoms with Gasteiger partial charge in [-0.25, -0.2) is 4.39 Å². The molecule has 14 heavy (non-hydrogen) atoms. The Bertz CT molecular complexity index is 381. The number of carbonyl (C=O) groups excluding carboxylic acids is 1. The van der Waals surface area contributed by atoms with Gasteiger partial charge < -0.3 is 5.73 Å². The third-order valence-corrected chi connectivity index (χ3v) is 1.89. The van der Waals surface area contributed by atoms with Crippen LogP contribution in [-0.4, -0.2) is 5.91 Å². The summed E-state index contributed by atoms with van der Waals surface area (Å²) >= 11 is 5.33. The maximum atomic E-state index is 13.0. The summed E-state index contributed by atoms with van der Waals surface area (Å²) in [5.74, 6) is -6.48. The van der Waals surface area contributed by atoms with E-state index in [1.54, 1.807) is 0 Å². The maximum Gasteiger partial charge on any atom is 0.350 e. The van der Waals surface area contributed by atoms with E-state index >= 15 is 0 Å². The molecule has 0 saturated heterocycles. The standard InChI is InChI=1S/C8H5ClF3NO/c9-6-3-4(10)1-2-5(6)8(11,12)7(13)14/h1-3H,(H2,13,14). The van der Waals surface area contributed by atoms with Gasteiger partial charge in [0.15, 0.2) is 0 Å². The van der Waals surface area contributed by atoms with Gasteiger partial charge in [-0.1, -0.05) is 11.6 Å². The second-order valence-electron chi connectivity index (χ2n) is 2.56. The lowest BCUT2D eigenvalue weighted by Crippen LogP contribution is -2.33. The second-order valence-corrected chi connectivity index (χ2v) is 2.97. The summed E-state index contributed by atoms with van der Waals surface area (Å²) in [7, 11) is 0. The minimum absolute atomic E-state index is 0.534. The Morgan fingerprint density at radius 2 is 2.00 bits per heavy atom. The van der Waals surface area contributed by atoms with Crippen molar-refractivity contribution in [3.63, 3.8) is 0 Å². The molecular weight excluding hydrogens is 219 g/mol. The van der Waals surface area contributed by atoms with Crippen LogP contribution in [-0.2, 0) is 10.7 Å². The van der Waals surface area contributed by atoms with Gasteiger partial charge in [-0.3, -0.25) is 4.79 Å². The lowest BCUT2D eigenvalue weighted by Gasteiger charge is -2.13. The molecule has 0 saturated carbocycles. The predicted molar refractivity (Wildman–Crippen MR) is 44.5 cm³/mol. The molecule has 0 bridgehead atoms. The van der Waals surface area contributed by atoms with E-state index in [-0.39, 0.29) is 0 Å². The molecule has 0 aliphatic rings. The average Bonchev–Trinajstić information content (AvgIpc) is 2.02. The zero-order chi connectivity index (χ0) is 10.9. The first-order chi connectivity index (χ1) is 6.35. The molecule has 0 spiro atoms. The first-order valence-corrected chi connectivity index (χ1v) is 3.86. The maximum absolute atomic E-state index is 13.0. The zero-order valence-corrected chi connectivity index (χ0v) is 7.49. The van der Waals surface area contributed by atoms with Crippen molar-refractivity contribution in [1.82, 2.24) is 0 Å². The number of nitrogens with two attached hydrogens (primary N) is 1. The Morgan fingerprint density at radius 3 is 2.43 bits per heavy atom. The van der Waals surface area contributed by atoms with Crippen LogP contribution in [0, 0.1) is 5.82 Å². The highest BCUT2D eigenvalue weighted by Gasteiger charge is 2.40. The van der Waals surface area contributed by atoms with Crippen molar-refractivity contribution in [2.45, 2.75) is 5.92 Å². The van der Waals surface area contributed by atoms with Crippen LogP contribution in [0.25, 0.3) is 0 Å². The largest absolute Gasteiger partial charge is 0.364 e. The summed E-state index contributed by atoms with van der Waals surface area (Å²) in [6.07, 6.45) is 0. The molecule has 2 N–H and O–H groups in total. The first kappa shape index (κ1) is 10.8. The Morgan fingerprint density at radius 1 is 1.43 bits per heavy atom. The van der Waals surface area contributed by atoms with Crippen LogP contribution < -0.4 is 5.73 Å². The zero-order valence-electron chi connectivity index (χ0n) is 6.73. The summed E-state index contributed by atoms with van der Waals surface area (Å²) < 4.78 is 38.5. The average molecular weight is 224 g/mol. The van der Waals surface area contributed by atoms with Gasteiger partial charge in [-0.15, -0.1) is 0 Å². The number of benzene rings is 1. The number of carbonyl (C=O) groups is 1. The van der Waals surface area contributed by atoms with Gasteiger partial charge >= 0.3 is 5.92 Å². The minimum Gasteiger partial charge on any atom is -0.364 e. The smallest absolute Gasteiger partial charge is 0.350 e. The van der Waals surface area contributed by atoms with Crippen LogP contribution in [0.3, 0.4) is 0 Å². The first-order valence-electron chi connectivity index (χ1n) is 3.49. The van der Waals surface area contributed by atoms with E-state index < -0.39 is 28.2 Å². The Labute approximate surface area is 82.5 Å². The Kier molecular flexibility index (Phi) is 2.71. The molecule has 6 heteroatoms. The van der Waals surface area contributed by atoms with Gasteiger partial charge in [0.1, 0.15) is 5.82 Å². The van der Waals surface area contributed by atoms with Gasteiger partial charge in [0.05, 0.1) is 5.02 Å². The van der Waals surface area contributed by atoms with E-state index in [0.717, 1.165) is 12.1 Å². The summed E-state index contributed by atoms with van der Waals surface area (Å²) in [5, 5.41) is -0.534. The Balaban J connectivity index is 3.26. The summed E-state index contributed by atoms with van der Waals surface area (Å²) in [5.41, 5.74) is 3.67. The number of primary amides is 1. The molecule has 0 unspecified atom stereocenters. The summed E-state index contributed by atoms with van der Waals surface area (Å²) in [6.45, 7) is 0. The molecule has 0 aliphatic heterocycles. The van der Waals surface area contributed by atoms with E-state index in [9.17, 15) is 18.0 Å². The molecule has 0 heterocycles.